The van der Waals surface area contributed by atoms with Gasteiger partial charge in [-0.1, -0.05) is 72.8 Å². The van der Waals surface area contributed by atoms with Crippen LogP contribution in [0.15, 0.2) is 97.2 Å². The van der Waals surface area contributed by atoms with Crippen LogP contribution in [0.3, 0.4) is 0 Å². The van der Waals surface area contributed by atoms with Crippen LogP contribution in [-0.4, -0.2) is 7.05 Å². The van der Waals surface area contributed by atoms with E-state index in [4.69, 9.17) is 0 Å². The van der Waals surface area contributed by atoms with E-state index in [0.29, 0.717) is 0 Å². The van der Waals surface area contributed by atoms with E-state index in [1.807, 2.05) is 74.7 Å². The van der Waals surface area contributed by atoms with E-state index < -0.39 is 0 Å². The molecule has 1 nitrogen and oxygen atoms in total. The van der Waals surface area contributed by atoms with Gasteiger partial charge in [-0.3, -0.25) is 0 Å². The summed E-state index contributed by atoms with van der Waals surface area (Å²) in [6, 6.07) is 20.5. The largest absolute Gasteiger partial charge is 0.345 e. The van der Waals surface area contributed by atoms with Crippen molar-refractivity contribution in [2.45, 2.75) is 13.8 Å². The lowest BCUT2D eigenvalue weighted by molar-refractivity contribution is 1.14. The topological polar surface area (TPSA) is 3.24 Å². The number of nitrogens with zero attached hydrogens (tertiary/aromatic N) is 1. The third kappa shape index (κ3) is 6.27. The van der Waals surface area contributed by atoms with Gasteiger partial charge in [-0.25, -0.2) is 0 Å². The van der Waals surface area contributed by atoms with E-state index in [1.165, 1.54) is 11.3 Å². The second-order valence-electron chi connectivity index (χ2n) is 4.87. The van der Waals surface area contributed by atoms with Crippen molar-refractivity contribution in [1.82, 2.24) is 0 Å². The Labute approximate surface area is 134 Å². The molecule has 0 radical (unpaired) electrons. The molecule has 0 aliphatic rings. The van der Waals surface area contributed by atoms with Crippen molar-refractivity contribution in [1.29, 1.82) is 0 Å². The zero-order valence-corrected chi connectivity index (χ0v) is 13.7. The molecular weight excluding hydrogens is 266 g/mol. The quantitative estimate of drug-likeness (QED) is 0.647. The second kappa shape index (κ2) is 10.2. The molecule has 114 valence electrons. The third-order valence-corrected chi connectivity index (χ3v) is 3.14. The summed E-state index contributed by atoms with van der Waals surface area (Å²) in [6.45, 7) is 7.93. The van der Waals surface area contributed by atoms with Crippen LogP contribution in [-0.2, 0) is 0 Å². The third-order valence-electron chi connectivity index (χ3n) is 3.14. The first-order valence-electron chi connectivity index (χ1n) is 7.45. The molecule has 0 N–H and O–H groups in total. The summed E-state index contributed by atoms with van der Waals surface area (Å²) in [6.07, 6.45) is 7.93. The van der Waals surface area contributed by atoms with Gasteiger partial charge < -0.3 is 4.90 Å². The second-order valence-corrected chi connectivity index (χ2v) is 4.87. The van der Waals surface area contributed by atoms with Crippen LogP contribution >= 0.6 is 0 Å². The molecule has 0 aliphatic carbocycles. The Morgan fingerprint density at radius 3 is 1.86 bits per heavy atom. The van der Waals surface area contributed by atoms with Gasteiger partial charge in [0.2, 0.25) is 0 Å². The van der Waals surface area contributed by atoms with Crippen LogP contribution in [0.4, 0.5) is 5.69 Å². The van der Waals surface area contributed by atoms with Crippen molar-refractivity contribution >= 4 is 5.69 Å². The van der Waals surface area contributed by atoms with Crippen molar-refractivity contribution in [3.05, 3.63) is 103 Å². The summed E-state index contributed by atoms with van der Waals surface area (Å²) in [5, 5.41) is 0. The van der Waals surface area contributed by atoms with Gasteiger partial charge in [0, 0.05) is 18.4 Å². The van der Waals surface area contributed by atoms with Gasteiger partial charge in [-0.2, -0.15) is 0 Å². The van der Waals surface area contributed by atoms with Gasteiger partial charge in [0.15, 0.2) is 0 Å². The number of rotatable bonds is 4. The molecule has 1 heteroatoms. The number of allylic oxidation sites excluding steroid dienone is 4. The number of hydrogen-bond acceptors (Lipinski definition) is 1. The molecule has 22 heavy (non-hydrogen) atoms. The van der Waals surface area contributed by atoms with Crippen LogP contribution in [0.5, 0.6) is 0 Å². The minimum atomic E-state index is 1.09. The normalized spacial score (nSPS) is 10.8. The molecule has 0 atom stereocenters. The fourth-order valence-corrected chi connectivity index (χ4v) is 1.81. The van der Waals surface area contributed by atoms with Crippen molar-refractivity contribution in [2.24, 2.45) is 0 Å². The number of benzene rings is 2. The van der Waals surface area contributed by atoms with Crippen molar-refractivity contribution in [3.8, 4) is 0 Å². The standard InChI is InChI=1S/C15H19N.C6H6/c1-5-7-8-14(6-2)16(4)15-11-9-13(3)10-12-15;1-2-4-6-5-3-1/h5-12H,2H2,1,3-4H3;1-6H/b7-5-,14-8+;. The minimum Gasteiger partial charge on any atom is -0.345 e. The average molecular weight is 291 g/mol. The van der Waals surface area contributed by atoms with E-state index >= 15 is 0 Å². The van der Waals surface area contributed by atoms with Crippen molar-refractivity contribution in [3.63, 3.8) is 0 Å². The predicted molar refractivity (Wildman–Crippen MR) is 99.1 cm³/mol. The lowest BCUT2D eigenvalue weighted by atomic mass is 10.2. The summed E-state index contributed by atoms with van der Waals surface area (Å²) in [7, 11) is 2.04. The fraction of sp³-hybridized carbons (Fsp3) is 0.143. The fourth-order valence-electron chi connectivity index (χ4n) is 1.81. The monoisotopic (exact) mass is 291 g/mol. The Bertz CT molecular complexity index is 565. The Morgan fingerprint density at radius 1 is 0.955 bits per heavy atom. The van der Waals surface area contributed by atoms with Gasteiger partial charge in [0.05, 0.1) is 0 Å². The molecule has 0 unspecified atom stereocenters. The molecule has 0 fully saturated rings. The zero-order valence-electron chi connectivity index (χ0n) is 13.7. The maximum absolute atomic E-state index is 3.83. The molecular formula is C21H25N. The van der Waals surface area contributed by atoms with Crippen LogP contribution < -0.4 is 4.90 Å². The average Bonchev–Trinajstić information content (AvgIpc) is 2.58. The molecule has 0 aliphatic heterocycles. The van der Waals surface area contributed by atoms with Crippen LogP contribution in [0.2, 0.25) is 0 Å². The maximum atomic E-state index is 3.83. The van der Waals surface area contributed by atoms with Gasteiger partial charge in [-0.15, -0.1) is 0 Å². The molecule has 2 rings (SSSR count). The van der Waals surface area contributed by atoms with Crippen LogP contribution in [0.1, 0.15) is 12.5 Å². The SMILES string of the molecule is C=C/C(=C\C=C/C)N(C)c1ccc(C)cc1.c1ccccc1. The lowest BCUT2D eigenvalue weighted by Crippen LogP contribution is -2.14. The van der Waals surface area contributed by atoms with E-state index in [9.17, 15) is 0 Å². The van der Waals surface area contributed by atoms with E-state index in [-0.39, 0.29) is 0 Å². The highest BCUT2D eigenvalue weighted by Crippen LogP contribution is 2.18. The van der Waals surface area contributed by atoms with Crippen LogP contribution in [0.25, 0.3) is 0 Å². The first-order valence-corrected chi connectivity index (χ1v) is 7.45. The van der Waals surface area contributed by atoms with Crippen molar-refractivity contribution < 1.29 is 0 Å². The number of likely N-dealkylation sites (N-methyl/N-ethyl adjacent to an activating group) is 1. The highest BCUT2D eigenvalue weighted by molar-refractivity contribution is 5.54. The molecule has 0 spiro atoms. The predicted octanol–water partition coefficient (Wildman–Crippen LogP) is 5.76. The van der Waals surface area contributed by atoms with Gasteiger partial charge in [0.1, 0.15) is 0 Å². The van der Waals surface area contributed by atoms with Crippen molar-refractivity contribution in [2.75, 3.05) is 11.9 Å². The van der Waals surface area contributed by atoms with Crippen LogP contribution in [0, 0.1) is 6.92 Å². The minimum absolute atomic E-state index is 1.09. The summed E-state index contributed by atoms with van der Waals surface area (Å²) in [5.74, 6) is 0. The highest BCUT2D eigenvalue weighted by Gasteiger charge is 2.02. The molecule has 2 aromatic rings. The molecule has 0 bridgehead atoms. The summed E-state index contributed by atoms with van der Waals surface area (Å²) >= 11 is 0. The Kier molecular flexibility index (Phi) is 8.14. The van der Waals surface area contributed by atoms with E-state index in [1.54, 1.807) is 0 Å². The summed E-state index contributed by atoms with van der Waals surface area (Å²) < 4.78 is 0. The van der Waals surface area contributed by atoms with E-state index in [2.05, 4.69) is 42.7 Å². The molecule has 0 aromatic heterocycles. The first kappa shape index (κ1) is 17.5. The Hall–Kier alpha value is -2.54. The number of anilines is 1. The molecule has 2 aromatic carbocycles. The number of hydrogen-bond donors (Lipinski definition) is 0. The maximum Gasteiger partial charge on any atom is 0.0408 e. The van der Waals surface area contributed by atoms with E-state index in [0.717, 1.165) is 5.70 Å². The van der Waals surface area contributed by atoms with Gasteiger partial charge >= 0.3 is 0 Å². The van der Waals surface area contributed by atoms with Gasteiger partial charge in [-0.05, 0) is 38.1 Å². The molecule has 0 saturated heterocycles. The Balaban J connectivity index is 0.000000335. The lowest BCUT2D eigenvalue weighted by Gasteiger charge is -2.20. The molecule has 0 amide bonds. The zero-order chi connectivity index (χ0) is 16.2. The smallest absolute Gasteiger partial charge is 0.0408 e. The number of aryl methyl sites for hydroxylation is 1. The molecule has 0 heterocycles. The summed E-state index contributed by atoms with van der Waals surface area (Å²) in [5.41, 5.74) is 3.53. The summed E-state index contributed by atoms with van der Waals surface area (Å²) in [4.78, 5) is 2.12. The molecule has 0 saturated carbocycles. The highest BCUT2D eigenvalue weighted by atomic mass is 15.1. The first-order chi connectivity index (χ1) is 10.7. The Morgan fingerprint density at radius 2 is 1.45 bits per heavy atom. The van der Waals surface area contributed by atoms with Gasteiger partial charge in [0.25, 0.3) is 0 Å².